The molecule has 4 nitrogen and oxygen atoms in total. The molecule has 2 aliphatic rings. The third kappa shape index (κ3) is 2.67. The van der Waals surface area contributed by atoms with Crippen LogP contribution in [0.25, 0.3) is 0 Å². The fourth-order valence-electron chi connectivity index (χ4n) is 2.77. The zero-order chi connectivity index (χ0) is 11.8. The van der Waals surface area contributed by atoms with Gasteiger partial charge in [0, 0.05) is 12.1 Å². The molecule has 0 radical (unpaired) electrons. The number of fused-ring (bicyclic) bond motifs is 1. The number of hydrogen-bond donors (Lipinski definition) is 2. The number of amides is 1. The first-order valence-electron chi connectivity index (χ1n) is 6.18. The fourth-order valence-corrected chi connectivity index (χ4v) is 2.77. The Labute approximate surface area is 97.1 Å². The SMILES string of the molecule is CC(C)(C)OC(=O)NC1CC[C@H]2CCN[C@H]12. The summed E-state index contributed by atoms with van der Waals surface area (Å²) in [4.78, 5) is 11.6. The summed E-state index contributed by atoms with van der Waals surface area (Å²) in [6.45, 7) is 6.75. The molecule has 0 aromatic carbocycles. The normalized spacial score (nSPS) is 33.6. The molecular formula is C12H22N2O2. The molecule has 1 heterocycles. The number of nitrogens with one attached hydrogen (secondary N) is 2. The lowest BCUT2D eigenvalue weighted by atomic mass is 10.0. The van der Waals surface area contributed by atoms with E-state index in [4.69, 9.17) is 4.74 Å². The van der Waals surface area contributed by atoms with Crippen LogP contribution in [0.5, 0.6) is 0 Å². The van der Waals surface area contributed by atoms with Crippen LogP contribution in [0, 0.1) is 5.92 Å². The summed E-state index contributed by atoms with van der Waals surface area (Å²) in [7, 11) is 0. The van der Waals surface area contributed by atoms with Crippen molar-refractivity contribution in [3.63, 3.8) is 0 Å². The molecule has 2 rings (SSSR count). The first-order chi connectivity index (χ1) is 7.46. The molecule has 0 spiro atoms. The zero-order valence-electron chi connectivity index (χ0n) is 10.4. The standard InChI is InChI=1S/C12H22N2O2/c1-12(2,3)16-11(15)14-9-5-4-8-6-7-13-10(8)9/h8-10,13H,4-7H2,1-3H3,(H,14,15)/t8-,9?,10-/m0/s1. The predicted octanol–water partition coefficient (Wildman–Crippen LogP) is 1.65. The van der Waals surface area contributed by atoms with Crippen LogP contribution in [0.2, 0.25) is 0 Å². The van der Waals surface area contributed by atoms with Crippen molar-refractivity contribution in [3.05, 3.63) is 0 Å². The molecule has 2 fully saturated rings. The van der Waals surface area contributed by atoms with Crippen LogP contribution < -0.4 is 10.6 Å². The molecule has 1 aliphatic carbocycles. The van der Waals surface area contributed by atoms with Crippen molar-refractivity contribution in [2.75, 3.05) is 6.54 Å². The molecule has 2 N–H and O–H groups in total. The predicted molar refractivity (Wildman–Crippen MR) is 62.3 cm³/mol. The summed E-state index contributed by atoms with van der Waals surface area (Å²) in [6, 6.07) is 0.717. The number of carbonyl (C=O) groups is 1. The molecule has 1 amide bonds. The maximum Gasteiger partial charge on any atom is 0.407 e. The van der Waals surface area contributed by atoms with E-state index in [0.29, 0.717) is 6.04 Å². The van der Waals surface area contributed by atoms with E-state index in [9.17, 15) is 4.79 Å². The quantitative estimate of drug-likeness (QED) is 0.715. The first kappa shape index (κ1) is 11.7. The summed E-state index contributed by atoms with van der Waals surface area (Å²) in [5.74, 6) is 0.750. The first-order valence-corrected chi connectivity index (χ1v) is 6.18. The smallest absolute Gasteiger partial charge is 0.407 e. The van der Waals surface area contributed by atoms with Gasteiger partial charge in [-0.3, -0.25) is 0 Å². The van der Waals surface area contributed by atoms with E-state index in [2.05, 4.69) is 10.6 Å². The Balaban J connectivity index is 1.83. The summed E-state index contributed by atoms with van der Waals surface area (Å²) in [5.41, 5.74) is -0.412. The van der Waals surface area contributed by atoms with Crippen LogP contribution in [0.15, 0.2) is 0 Å². The van der Waals surface area contributed by atoms with E-state index in [1.54, 1.807) is 0 Å². The van der Waals surface area contributed by atoms with Crippen molar-refractivity contribution in [2.24, 2.45) is 5.92 Å². The number of alkyl carbamates (subject to hydrolysis) is 1. The molecule has 0 aromatic rings. The van der Waals surface area contributed by atoms with Gasteiger partial charge in [0.15, 0.2) is 0 Å². The van der Waals surface area contributed by atoms with Gasteiger partial charge < -0.3 is 15.4 Å². The van der Waals surface area contributed by atoms with Crippen LogP contribution in [0.3, 0.4) is 0 Å². The topological polar surface area (TPSA) is 50.4 Å². The lowest BCUT2D eigenvalue weighted by molar-refractivity contribution is 0.0498. The molecule has 92 valence electrons. The van der Waals surface area contributed by atoms with Crippen LogP contribution in [-0.4, -0.2) is 30.3 Å². The highest BCUT2D eigenvalue weighted by atomic mass is 16.6. The average molecular weight is 226 g/mol. The molecule has 4 heteroatoms. The molecule has 0 aromatic heterocycles. The van der Waals surface area contributed by atoms with Crippen LogP contribution in [-0.2, 0) is 4.74 Å². The van der Waals surface area contributed by atoms with Crippen molar-refractivity contribution >= 4 is 6.09 Å². The Morgan fingerprint density at radius 3 is 2.75 bits per heavy atom. The lowest BCUT2D eigenvalue weighted by Crippen LogP contribution is -2.47. The summed E-state index contributed by atoms with van der Waals surface area (Å²) in [6.07, 6.45) is 3.25. The minimum absolute atomic E-state index is 0.252. The van der Waals surface area contributed by atoms with Gasteiger partial charge in [0.25, 0.3) is 0 Å². The fraction of sp³-hybridized carbons (Fsp3) is 0.917. The van der Waals surface area contributed by atoms with Gasteiger partial charge in [-0.1, -0.05) is 0 Å². The average Bonchev–Trinajstić information content (AvgIpc) is 2.66. The van der Waals surface area contributed by atoms with E-state index in [-0.39, 0.29) is 12.1 Å². The van der Waals surface area contributed by atoms with E-state index in [0.717, 1.165) is 18.9 Å². The van der Waals surface area contributed by atoms with E-state index >= 15 is 0 Å². The Bertz CT molecular complexity index is 273. The molecule has 16 heavy (non-hydrogen) atoms. The summed E-state index contributed by atoms with van der Waals surface area (Å²) < 4.78 is 5.27. The molecule has 1 aliphatic heterocycles. The molecule has 1 saturated carbocycles. The Morgan fingerprint density at radius 1 is 1.31 bits per heavy atom. The second-order valence-electron chi connectivity index (χ2n) is 5.86. The monoisotopic (exact) mass is 226 g/mol. The minimum atomic E-state index is -0.412. The second-order valence-corrected chi connectivity index (χ2v) is 5.86. The Morgan fingerprint density at radius 2 is 2.06 bits per heavy atom. The summed E-state index contributed by atoms with van der Waals surface area (Å²) in [5, 5.41) is 6.45. The van der Waals surface area contributed by atoms with Gasteiger partial charge in [0.05, 0.1) is 0 Å². The van der Waals surface area contributed by atoms with E-state index in [1.165, 1.54) is 12.8 Å². The zero-order valence-corrected chi connectivity index (χ0v) is 10.4. The van der Waals surface area contributed by atoms with Crippen molar-refractivity contribution in [3.8, 4) is 0 Å². The third-order valence-electron chi connectivity index (χ3n) is 3.39. The Hall–Kier alpha value is -0.770. The van der Waals surface area contributed by atoms with Crippen LogP contribution in [0.4, 0.5) is 4.79 Å². The van der Waals surface area contributed by atoms with Gasteiger partial charge in [-0.25, -0.2) is 4.79 Å². The number of carbonyl (C=O) groups excluding carboxylic acids is 1. The highest BCUT2D eigenvalue weighted by Gasteiger charge is 2.40. The largest absolute Gasteiger partial charge is 0.444 e. The minimum Gasteiger partial charge on any atom is -0.444 e. The second kappa shape index (κ2) is 4.24. The third-order valence-corrected chi connectivity index (χ3v) is 3.39. The molecular weight excluding hydrogens is 204 g/mol. The van der Waals surface area contributed by atoms with Gasteiger partial charge in [0.2, 0.25) is 0 Å². The van der Waals surface area contributed by atoms with Gasteiger partial charge in [0.1, 0.15) is 5.60 Å². The molecule has 3 atom stereocenters. The van der Waals surface area contributed by atoms with Crippen molar-refractivity contribution in [1.29, 1.82) is 0 Å². The number of hydrogen-bond acceptors (Lipinski definition) is 3. The maximum atomic E-state index is 11.6. The highest BCUT2D eigenvalue weighted by Crippen LogP contribution is 2.32. The van der Waals surface area contributed by atoms with Crippen LogP contribution >= 0.6 is 0 Å². The Kier molecular flexibility index (Phi) is 3.10. The van der Waals surface area contributed by atoms with Crippen molar-refractivity contribution in [1.82, 2.24) is 10.6 Å². The van der Waals surface area contributed by atoms with E-state index in [1.807, 2.05) is 20.8 Å². The van der Waals surface area contributed by atoms with Gasteiger partial charge in [-0.05, 0) is 52.5 Å². The lowest BCUT2D eigenvalue weighted by Gasteiger charge is -2.24. The van der Waals surface area contributed by atoms with Gasteiger partial charge in [-0.15, -0.1) is 0 Å². The number of ether oxygens (including phenoxy) is 1. The van der Waals surface area contributed by atoms with Crippen molar-refractivity contribution < 1.29 is 9.53 Å². The molecule has 1 saturated heterocycles. The summed E-state index contributed by atoms with van der Waals surface area (Å²) >= 11 is 0. The van der Waals surface area contributed by atoms with Crippen molar-refractivity contribution in [2.45, 2.75) is 57.7 Å². The van der Waals surface area contributed by atoms with Gasteiger partial charge in [-0.2, -0.15) is 0 Å². The van der Waals surface area contributed by atoms with Crippen LogP contribution in [0.1, 0.15) is 40.0 Å². The van der Waals surface area contributed by atoms with Gasteiger partial charge >= 0.3 is 6.09 Å². The molecule has 0 bridgehead atoms. The molecule has 1 unspecified atom stereocenters. The highest BCUT2D eigenvalue weighted by molar-refractivity contribution is 5.68. The number of rotatable bonds is 1. The van der Waals surface area contributed by atoms with E-state index < -0.39 is 5.60 Å². The maximum absolute atomic E-state index is 11.6.